The van der Waals surface area contributed by atoms with Crippen LogP contribution in [0.25, 0.3) is 21.9 Å². The third kappa shape index (κ3) is 4.35. The van der Waals surface area contributed by atoms with Gasteiger partial charge in [0.15, 0.2) is 0 Å². The largest absolute Gasteiger partial charge is 0.465 e. The van der Waals surface area contributed by atoms with Crippen molar-refractivity contribution in [2.24, 2.45) is 0 Å². The van der Waals surface area contributed by atoms with Crippen LogP contribution in [0.4, 0.5) is 10.6 Å². The summed E-state index contributed by atoms with van der Waals surface area (Å²) in [6, 6.07) is 14.1. The van der Waals surface area contributed by atoms with Gasteiger partial charge in [0.2, 0.25) is 0 Å². The highest BCUT2D eigenvalue weighted by molar-refractivity contribution is 5.91. The first-order valence-corrected chi connectivity index (χ1v) is 8.51. The van der Waals surface area contributed by atoms with E-state index in [4.69, 9.17) is 5.11 Å². The first-order chi connectivity index (χ1) is 12.0. The highest BCUT2D eigenvalue weighted by Crippen LogP contribution is 2.30. The molecule has 2 aromatic carbocycles. The first kappa shape index (κ1) is 17.0. The average Bonchev–Trinajstić information content (AvgIpc) is 3.43. The number of aromatic nitrogens is 1. The maximum atomic E-state index is 10.7. The van der Waals surface area contributed by atoms with Gasteiger partial charge in [-0.1, -0.05) is 49.6 Å². The van der Waals surface area contributed by atoms with Crippen molar-refractivity contribution in [3.63, 3.8) is 0 Å². The smallest absolute Gasteiger partial charge is 0.410 e. The van der Waals surface area contributed by atoms with Crippen LogP contribution in [-0.2, 0) is 0 Å². The Morgan fingerprint density at radius 1 is 1.00 bits per heavy atom. The fourth-order valence-electron chi connectivity index (χ4n) is 2.74. The predicted molar refractivity (Wildman–Crippen MR) is 102 cm³/mol. The topological polar surface area (TPSA) is 62.2 Å². The number of nitrogens with one attached hydrogen (secondary N) is 1. The van der Waals surface area contributed by atoms with Gasteiger partial charge in [0.05, 0.1) is 0 Å². The molecular weight excluding hydrogens is 312 g/mol. The van der Waals surface area contributed by atoms with Crippen LogP contribution in [0.2, 0.25) is 0 Å². The summed E-state index contributed by atoms with van der Waals surface area (Å²) >= 11 is 0. The molecule has 1 aromatic heterocycles. The molecule has 2 N–H and O–H groups in total. The van der Waals surface area contributed by atoms with Gasteiger partial charge in [-0.2, -0.15) is 0 Å². The molecule has 1 heterocycles. The van der Waals surface area contributed by atoms with Crippen molar-refractivity contribution in [3.8, 4) is 11.1 Å². The summed E-state index contributed by atoms with van der Waals surface area (Å²) < 4.78 is 0. The molecule has 4 heteroatoms. The van der Waals surface area contributed by atoms with Crippen molar-refractivity contribution in [1.29, 1.82) is 0 Å². The predicted octanol–water partition coefficient (Wildman–Crippen LogP) is 5.78. The zero-order valence-corrected chi connectivity index (χ0v) is 14.5. The van der Waals surface area contributed by atoms with Gasteiger partial charge >= 0.3 is 6.09 Å². The molecule has 0 radical (unpaired) electrons. The van der Waals surface area contributed by atoms with E-state index in [9.17, 15) is 4.79 Å². The van der Waals surface area contributed by atoms with E-state index in [0.717, 1.165) is 16.3 Å². The van der Waals surface area contributed by atoms with E-state index in [-0.39, 0.29) is 0 Å². The fourth-order valence-corrected chi connectivity index (χ4v) is 2.74. The molecule has 1 saturated carbocycles. The number of carboxylic acid groups (broad SMARTS) is 1. The molecule has 4 nitrogen and oxygen atoms in total. The number of pyridine rings is 1. The molecule has 0 atom stereocenters. The van der Waals surface area contributed by atoms with E-state index in [2.05, 4.69) is 54.5 Å². The second-order valence-corrected chi connectivity index (χ2v) is 6.39. The van der Waals surface area contributed by atoms with E-state index >= 15 is 0 Å². The molecule has 25 heavy (non-hydrogen) atoms. The van der Waals surface area contributed by atoms with Gasteiger partial charge in [0, 0.05) is 11.6 Å². The number of nitrogens with zero attached hydrogens (tertiary/aromatic N) is 1. The fraction of sp³-hybridized carbons (Fsp3) is 0.238. The Hall–Kier alpha value is -2.88. The van der Waals surface area contributed by atoms with Gasteiger partial charge in [0.25, 0.3) is 0 Å². The van der Waals surface area contributed by atoms with Crippen molar-refractivity contribution < 1.29 is 9.90 Å². The average molecular weight is 334 g/mol. The molecule has 0 aliphatic heterocycles. The lowest BCUT2D eigenvalue weighted by atomic mass is 9.94. The van der Waals surface area contributed by atoms with Crippen LogP contribution < -0.4 is 5.32 Å². The number of anilines is 1. The second-order valence-electron chi connectivity index (χ2n) is 6.39. The van der Waals surface area contributed by atoms with Crippen LogP contribution in [0, 0.1) is 13.8 Å². The highest BCUT2D eigenvalue weighted by atomic mass is 16.4. The summed E-state index contributed by atoms with van der Waals surface area (Å²) in [5, 5.41) is 12.9. The standard InChI is InChI=1S/C18H16N2O2.C3H6/c1-11-4-3-5-12(2)17(11)14-7-6-13-9-16(20-18(21)22)19-10-15(13)8-14;1-2-3-1/h3-10H,1-2H3,(H,19,20)(H,21,22);1-3H2. The van der Waals surface area contributed by atoms with Crippen LogP contribution in [0.15, 0.2) is 48.7 Å². The molecule has 0 spiro atoms. The monoisotopic (exact) mass is 334 g/mol. The van der Waals surface area contributed by atoms with Crippen molar-refractivity contribution in [3.05, 3.63) is 59.8 Å². The Bertz CT molecular complexity index is 894. The number of hydrogen-bond donors (Lipinski definition) is 2. The molecule has 0 unspecified atom stereocenters. The van der Waals surface area contributed by atoms with Gasteiger partial charge in [-0.05, 0) is 53.6 Å². The van der Waals surface area contributed by atoms with Crippen molar-refractivity contribution in [2.45, 2.75) is 33.1 Å². The summed E-state index contributed by atoms with van der Waals surface area (Å²) in [6.45, 7) is 4.20. The summed E-state index contributed by atoms with van der Waals surface area (Å²) in [4.78, 5) is 14.8. The third-order valence-electron chi connectivity index (χ3n) is 4.08. The number of carbonyl (C=O) groups is 1. The molecule has 1 aliphatic carbocycles. The summed E-state index contributed by atoms with van der Waals surface area (Å²) in [6.07, 6.45) is 5.08. The Labute approximate surface area is 147 Å². The molecule has 0 bridgehead atoms. The van der Waals surface area contributed by atoms with Crippen molar-refractivity contribution >= 4 is 22.7 Å². The Morgan fingerprint density at radius 3 is 2.28 bits per heavy atom. The number of rotatable bonds is 2. The lowest BCUT2D eigenvalue weighted by Crippen LogP contribution is -2.08. The van der Waals surface area contributed by atoms with E-state index < -0.39 is 6.09 Å². The van der Waals surface area contributed by atoms with Crippen LogP contribution in [0.3, 0.4) is 0 Å². The van der Waals surface area contributed by atoms with Gasteiger partial charge in [-0.25, -0.2) is 9.78 Å². The number of amides is 1. The number of aryl methyl sites for hydroxylation is 2. The van der Waals surface area contributed by atoms with Gasteiger partial charge in [-0.15, -0.1) is 0 Å². The molecule has 1 aliphatic rings. The van der Waals surface area contributed by atoms with Gasteiger partial charge in [0.1, 0.15) is 5.82 Å². The lowest BCUT2D eigenvalue weighted by molar-refractivity contribution is 0.209. The summed E-state index contributed by atoms with van der Waals surface area (Å²) in [5.41, 5.74) is 4.84. The minimum atomic E-state index is -1.11. The van der Waals surface area contributed by atoms with Crippen LogP contribution in [0.1, 0.15) is 30.4 Å². The number of fused-ring (bicyclic) bond motifs is 1. The minimum absolute atomic E-state index is 0.333. The molecular formula is C21H22N2O2. The zero-order valence-electron chi connectivity index (χ0n) is 14.5. The van der Waals surface area contributed by atoms with Crippen molar-refractivity contribution in [1.82, 2.24) is 4.98 Å². The van der Waals surface area contributed by atoms with Crippen LogP contribution >= 0.6 is 0 Å². The normalized spacial score (nSPS) is 12.2. The Balaban J connectivity index is 0.000000549. The van der Waals surface area contributed by atoms with Crippen LogP contribution in [-0.4, -0.2) is 16.2 Å². The Kier molecular flexibility index (Phi) is 4.98. The SMILES string of the molecule is C1CC1.Cc1cccc(C)c1-c1ccc2cc(NC(=O)O)ncc2c1. The first-order valence-electron chi connectivity index (χ1n) is 8.51. The molecule has 3 aromatic rings. The lowest BCUT2D eigenvalue weighted by Gasteiger charge is -2.11. The molecule has 128 valence electrons. The quantitative estimate of drug-likeness (QED) is 0.624. The highest BCUT2D eigenvalue weighted by Gasteiger charge is 2.07. The number of benzene rings is 2. The molecule has 1 fully saturated rings. The second kappa shape index (κ2) is 7.34. The third-order valence-corrected chi connectivity index (χ3v) is 4.08. The van der Waals surface area contributed by atoms with E-state index in [1.54, 1.807) is 12.3 Å². The van der Waals surface area contributed by atoms with E-state index in [0.29, 0.717) is 5.82 Å². The van der Waals surface area contributed by atoms with Gasteiger partial charge < -0.3 is 5.11 Å². The molecule has 4 rings (SSSR count). The molecule has 0 saturated heterocycles. The van der Waals surface area contributed by atoms with Gasteiger partial charge in [-0.3, -0.25) is 5.32 Å². The van der Waals surface area contributed by atoms with E-state index in [1.165, 1.54) is 36.0 Å². The summed E-state index contributed by atoms with van der Waals surface area (Å²) in [5.74, 6) is 0.333. The minimum Gasteiger partial charge on any atom is -0.465 e. The van der Waals surface area contributed by atoms with Crippen LogP contribution in [0.5, 0.6) is 0 Å². The molecule has 1 amide bonds. The zero-order chi connectivity index (χ0) is 17.8. The maximum Gasteiger partial charge on any atom is 0.410 e. The van der Waals surface area contributed by atoms with E-state index in [1.807, 2.05) is 6.07 Å². The maximum absolute atomic E-state index is 10.7. The number of hydrogen-bond acceptors (Lipinski definition) is 2. The Morgan fingerprint density at radius 2 is 1.68 bits per heavy atom. The van der Waals surface area contributed by atoms with Crippen molar-refractivity contribution in [2.75, 3.05) is 5.32 Å². The summed E-state index contributed by atoms with van der Waals surface area (Å²) in [7, 11) is 0.